The lowest BCUT2D eigenvalue weighted by molar-refractivity contribution is 0.619. The molecule has 6 heteroatoms. The summed E-state index contributed by atoms with van der Waals surface area (Å²) in [7, 11) is 0. The van der Waals surface area contributed by atoms with E-state index in [1.807, 2.05) is 18.2 Å². The van der Waals surface area contributed by atoms with Crippen molar-refractivity contribution in [2.24, 2.45) is 0 Å². The molecule has 4 rings (SSSR count). The number of halogens is 1. The summed E-state index contributed by atoms with van der Waals surface area (Å²) in [4.78, 5) is 23.5. The monoisotopic (exact) mass is 334 g/mol. The molecule has 0 aliphatic carbocycles. The van der Waals surface area contributed by atoms with Crippen molar-refractivity contribution >= 4 is 11.2 Å². The number of benzene rings is 1. The molecule has 0 spiro atoms. The van der Waals surface area contributed by atoms with Gasteiger partial charge in [-0.2, -0.15) is 0 Å². The standard InChI is InChI=1S/C19H15FN4O/c1-12-7-14(4-5-16(12)20)15-8-17-18(22-10-15)23-19(25)24(17)11-13-3-2-6-21-9-13/h2-10H,11H2,1H3,(H,22,23,25). The van der Waals surface area contributed by atoms with Crippen LogP contribution in [0.25, 0.3) is 22.3 Å². The summed E-state index contributed by atoms with van der Waals surface area (Å²) in [5, 5.41) is 0. The molecule has 0 atom stereocenters. The Morgan fingerprint density at radius 1 is 1.16 bits per heavy atom. The minimum Gasteiger partial charge on any atom is -0.290 e. The van der Waals surface area contributed by atoms with Gasteiger partial charge in [-0.3, -0.25) is 14.5 Å². The molecular weight excluding hydrogens is 319 g/mol. The molecule has 5 nitrogen and oxygen atoms in total. The van der Waals surface area contributed by atoms with E-state index in [1.165, 1.54) is 6.07 Å². The number of imidazole rings is 1. The molecule has 124 valence electrons. The average Bonchev–Trinajstić information content (AvgIpc) is 2.93. The van der Waals surface area contributed by atoms with Crippen LogP contribution in [0.3, 0.4) is 0 Å². The largest absolute Gasteiger partial charge is 0.327 e. The number of aromatic amines is 1. The number of H-pyrrole nitrogens is 1. The van der Waals surface area contributed by atoms with E-state index in [9.17, 15) is 9.18 Å². The second kappa shape index (κ2) is 5.98. The van der Waals surface area contributed by atoms with E-state index in [0.29, 0.717) is 23.3 Å². The smallest absolute Gasteiger partial charge is 0.290 e. The molecule has 1 N–H and O–H groups in total. The van der Waals surface area contributed by atoms with Crippen molar-refractivity contribution in [3.63, 3.8) is 0 Å². The Morgan fingerprint density at radius 2 is 2.04 bits per heavy atom. The van der Waals surface area contributed by atoms with E-state index in [2.05, 4.69) is 15.0 Å². The molecule has 1 aromatic carbocycles. The Labute approximate surface area is 142 Å². The number of nitrogens with zero attached hydrogens (tertiary/aromatic N) is 3. The van der Waals surface area contributed by atoms with Gasteiger partial charge in [0.1, 0.15) is 5.82 Å². The number of hydrogen-bond donors (Lipinski definition) is 1. The lowest BCUT2D eigenvalue weighted by atomic mass is 10.0. The maximum Gasteiger partial charge on any atom is 0.327 e. The molecule has 0 bridgehead atoms. The Morgan fingerprint density at radius 3 is 2.80 bits per heavy atom. The van der Waals surface area contributed by atoms with E-state index >= 15 is 0 Å². The van der Waals surface area contributed by atoms with Crippen LogP contribution in [0.1, 0.15) is 11.1 Å². The molecule has 0 saturated carbocycles. The van der Waals surface area contributed by atoms with Crippen LogP contribution in [0.15, 0.2) is 59.8 Å². The molecule has 0 unspecified atom stereocenters. The molecule has 4 aromatic rings. The van der Waals surface area contributed by atoms with Crippen molar-refractivity contribution in [1.29, 1.82) is 0 Å². The van der Waals surface area contributed by atoms with Crippen LogP contribution in [-0.4, -0.2) is 19.5 Å². The number of fused-ring (bicyclic) bond motifs is 1. The summed E-state index contributed by atoms with van der Waals surface area (Å²) in [6, 6.07) is 10.6. The molecule has 0 aliphatic rings. The van der Waals surface area contributed by atoms with Gasteiger partial charge in [-0.05, 0) is 47.9 Å². The van der Waals surface area contributed by atoms with Gasteiger partial charge in [0.05, 0.1) is 12.1 Å². The van der Waals surface area contributed by atoms with Crippen molar-refractivity contribution < 1.29 is 4.39 Å². The number of nitrogens with one attached hydrogen (secondary N) is 1. The third-order valence-corrected chi connectivity index (χ3v) is 4.18. The highest BCUT2D eigenvalue weighted by Crippen LogP contribution is 2.24. The average molecular weight is 334 g/mol. The first-order valence-electron chi connectivity index (χ1n) is 7.86. The zero-order valence-electron chi connectivity index (χ0n) is 13.5. The van der Waals surface area contributed by atoms with Crippen LogP contribution in [0.5, 0.6) is 0 Å². The summed E-state index contributed by atoms with van der Waals surface area (Å²) in [6.07, 6.45) is 5.10. The molecule has 3 aromatic heterocycles. The number of hydrogen-bond acceptors (Lipinski definition) is 3. The second-order valence-electron chi connectivity index (χ2n) is 5.93. The fourth-order valence-electron chi connectivity index (χ4n) is 2.85. The van der Waals surface area contributed by atoms with Crippen molar-refractivity contribution in [2.75, 3.05) is 0 Å². The van der Waals surface area contributed by atoms with Gasteiger partial charge >= 0.3 is 5.69 Å². The van der Waals surface area contributed by atoms with E-state index in [4.69, 9.17) is 0 Å². The first-order valence-corrected chi connectivity index (χ1v) is 7.86. The van der Waals surface area contributed by atoms with Crippen LogP contribution in [0.2, 0.25) is 0 Å². The number of pyridine rings is 2. The lowest BCUT2D eigenvalue weighted by Crippen LogP contribution is -2.17. The molecule has 0 aliphatic heterocycles. The predicted octanol–water partition coefficient (Wildman–Crippen LogP) is 3.28. The number of aromatic nitrogens is 4. The van der Waals surface area contributed by atoms with Gasteiger partial charge in [0.2, 0.25) is 0 Å². The maximum absolute atomic E-state index is 13.5. The third-order valence-electron chi connectivity index (χ3n) is 4.18. The van der Waals surface area contributed by atoms with Gasteiger partial charge in [-0.15, -0.1) is 0 Å². The highest BCUT2D eigenvalue weighted by Gasteiger charge is 2.11. The van der Waals surface area contributed by atoms with Gasteiger partial charge in [0, 0.05) is 24.2 Å². The molecule has 3 heterocycles. The summed E-state index contributed by atoms with van der Waals surface area (Å²) in [5.74, 6) is -0.243. The zero-order valence-corrected chi connectivity index (χ0v) is 13.5. The first-order chi connectivity index (χ1) is 12.1. The van der Waals surface area contributed by atoms with Gasteiger partial charge in [0.25, 0.3) is 0 Å². The van der Waals surface area contributed by atoms with E-state index in [-0.39, 0.29) is 11.5 Å². The Balaban J connectivity index is 1.83. The lowest BCUT2D eigenvalue weighted by Gasteiger charge is -2.06. The van der Waals surface area contributed by atoms with Crippen LogP contribution >= 0.6 is 0 Å². The first kappa shape index (κ1) is 15.3. The van der Waals surface area contributed by atoms with Crippen molar-refractivity contribution in [3.05, 3.63) is 82.4 Å². The van der Waals surface area contributed by atoms with Crippen LogP contribution in [0.4, 0.5) is 4.39 Å². The minimum atomic E-state index is -0.243. The van der Waals surface area contributed by atoms with Gasteiger partial charge in [-0.25, -0.2) is 14.2 Å². The van der Waals surface area contributed by atoms with Gasteiger partial charge < -0.3 is 0 Å². The normalized spacial score (nSPS) is 11.1. The highest BCUT2D eigenvalue weighted by molar-refractivity contribution is 5.78. The van der Waals surface area contributed by atoms with E-state index < -0.39 is 0 Å². The molecular formula is C19H15FN4O. The SMILES string of the molecule is Cc1cc(-c2cnc3[nH]c(=O)n(Cc4cccnc4)c3c2)ccc1F. The van der Waals surface area contributed by atoms with Crippen LogP contribution in [-0.2, 0) is 6.54 Å². The molecule has 0 saturated heterocycles. The molecule has 25 heavy (non-hydrogen) atoms. The Kier molecular flexibility index (Phi) is 3.65. The number of aryl methyl sites for hydroxylation is 1. The zero-order chi connectivity index (χ0) is 17.4. The third kappa shape index (κ3) is 2.82. The minimum absolute atomic E-state index is 0.223. The molecule has 0 amide bonds. The van der Waals surface area contributed by atoms with Crippen molar-refractivity contribution in [2.45, 2.75) is 13.5 Å². The van der Waals surface area contributed by atoms with Gasteiger partial charge in [-0.1, -0.05) is 12.1 Å². The highest BCUT2D eigenvalue weighted by atomic mass is 19.1. The topological polar surface area (TPSA) is 63.6 Å². The fourth-order valence-corrected chi connectivity index (χ4v) is 2.85. The summed E-state index contributed by atoms with van der Waals surface area (Å²) in [6.45, 7) is 2.12. The Bertz CT molecular complexity index is 1120. The quantitative estimate of drug-likeness (QED) is 0.625. The van der Waals surface area contributed by atoms with Crippen molar-refractivity contribution in [1.82, 2.24) is 19.5 Å². The molecule has 0 fully saturated rings. The van der Waals surface area contributed by atoms with E-state index in [0.717, 1.165) is 16.7 Å². The van der Waals surface area contributed by atoms with E-state index in [1.54, 1.807) is 42.2 Å². The summed E-state index contributed by atoms with van der Waals surface area (Å²) >= 11 is 0. The van der Waals surface area contributed by atoms with Crippen LogP contribution in [0, 0.1) is 12.7 Å². The predicted molar refractivity (Wildman–Crippen MR) is 93.8 cm³/mol. The maximum atomic E-state index is 13.5. The van der Waals surface area contributed by atoms with Gasteiger partial charge in [0.15, 0.2) is 5.65 Å². The van der Waals surface area contributed by atoms with Crippen LogP contribution < -0.4 is 5.69 Å². The Hall–Kier alpha value is -3.28. The summed E-state index contributed by atoms with van der Waals surface area (Å²) < 4.78 is 15.1. The van der Waals surface area contributed by atoms with Crippen molar-refractivity contribution in [3.8, 4) is 11.1 Å². The molecule has 0 radical (unpaired) electrons. The summed E-state index contributed by atoms with van der Waals surface area (Å²) in [5.41, 5.74) is 4.18. The second-order valence-corrected chi connectivity index (χ2v) is 5.93. The fraction of sp³-hybridized carbons (Fsp3) is 0.105. The number of rotatable bonds is 3.